The maximum Gasteiger partial charge on any atom is 0.193 e. The van der Waals surface area contributed by atoms with Crippen LogP contribution < -0.4 is 14.4 Å². The van der Waals surface area contributed by atoms with Gasteiger partial charge in [0.2, 0.25) is 0 Å². The third kappa shape index (κ3) is 4.23. The first-order valence-electron chi connectivity index (χ1n) is 10.2. The zero-order valence-electron chi connectivity index (χ0n) is 17.1. The number of piperazine rings is 1. The molecule has 2 aliphatic rings. The molecule has 6 heteroatoms. The van der Waals surface area contributed by atoms with Crippen LogP contribution in [-0.4, -0.2) is 63.2 Å². The number of para-hydroxylation sites is 2. The fraction of sp³-hybridized carbons (Fsp3) is 0.435. The summed E-state index contributed by atoms with van der Waals surface area (Å²) in [4.78, 5) is 17.5. The molecule has 0 aromatic heterocycles. The van der Waals surface area contributed by atoms with Crippen LogP contribution in [0.2, 0.25) is 0 Å². The largest absolute Gasteiger partial charge is 0.497 e. The Morgan fingerprint density at radius 1 is 1.10 bits per heavy atom. The highest BCUT2D eigenvalue weighted by Gasteiger charge is 2.31. The number of hydrogen-bond donors (Lipinski definition) is 0. The number of methoxy groups -OCH3 is 1. The number of anilines is 1. The second-order valence-corrected chi connectivity index (χ2v) is 7.38. The van der Waals surface area contributed by atoms with Crippen LogP contribution in [0.4, 0.5) is 5.69 Å². The molecule has 2 aromatic rings. The van der Waals surface area contributed by atoms with Crippen molar-refractivity contribution in [3.8, 4) is 11.5 Å². The Labute approximate surface area is 172 Å². The number of rotatable bonds is 6. The van der Waals surface area contributed by atoms with Gasteiger partial charge in [-0.15, -0.1) is 0 Å². The predicted octanol–water partition coefficient (Wildman–Crippen LogP) is 3.00. The van der Waals surface area contributed by atoms with E-state index >= 15 is 0 Å². The molecule has 2 aromatic carbocycles. The molecule has 29 heavy (non-hydrogen) atoms. The molecule has 1 unspecified atom stereocenters. The molecule has 4 rings (SSSR count). The summed E-state index contributed by atoms with van der Waals surface area (Å²) in [5, 5.41) is 0. The Hall–Kier alpha value is -2.57. The number of fused-ring (bicyclic) bond motifs is 1. The molecular formula is C23H28N2O4. The Morgan fingerprint density at radius 2 is 1.90 bits per heavy atom. The molecule has 1 fully saturated rings. The maximum absolute atomic E-state index is 12.9. The molecule has 0 bridgehead atoms. The summed E-state index contributed by atoms with van der Waals surface area (Å²) in [6, 6.07) is 13.8. The number of benzene rings is 2. The van der Waals surface area contributed by atoms with E-state index in [9.17, 15) is 4.79 Å². The molecule has 0 spiro atoms. The van der Waals surface area contributed by atoms with Crippen molar-refractivity contribution in [2.75, 3.05) is 51.3 Å². The van der Waals surface area contributed by atoms with Crippen LogP contribution >= 0.6 is 0 Å². The molecular weight excluding hydrogens is 368 g/mol. The van der Waals surface area contributed by atoms with Crippen molar-refractivity contribution in [3.05, 3.63) is 53.6 Å². The molecule has 2 heterocycles. The van der Waals surface area contributed by atoms with Crippen molar-refractivity contribution in [2.45, 2.75) is 19.6 Å². The Kier molecular flexibility index (Phi) is 6.02. The van der Waals surface area contributed by atoms with Crippen LogP contribution in [-0.2, 0) is 11.3 Å². The average molecular weight is 396 g/mol. The van der Waals surface area contributed by atoms with Crippen molar-refractivity contribution < 1.29 is 19.0 Å². The number of ether oxygens (including phenoxy) is 3. The van der Waals surface area contributed by atoms with Gasteiger partial charge >= 0.3 is 0 Å². The van der Waals surface area contributed by atoms with E-state index in [2.05, 4.69) is 15.9 Å². The summed E-state index contributed by atoms with van der Waals surface area (Å²) >= 11 is 0. The van der Waals surface area contributed by atoms with E-state index in [4.69, 9.17) is 14.2 Å². The van der Waals surface area contributed by atoms with Gasteiger partial charge in [0.15, 0.2) is 5.78 Å². The van der Waals surface area contributed by atoms with Crippen molar-refractivity contribution in [1.82, 2.24) is 4.90 Å². The van der Waals surface area contributed by atoms with Crippen molar-refractivity contribution >= 4 is 11.5 Å². The van der Waals surface area contributed by atoms with E-state index in [0.29, 0.717) is 19.8 Å². The highest BCUT2D eigenvalue weighted by molar-refractivity contribution is 6.01. The molecule has 1 saturated heterocycles. The third-order valence-electron chi connectivity index (χ3n) is 5.61. The number of ketones is 1. The van der Waals surface area contributed by atoms with Gasteiger partial charge in [0.25, 0.3) is 0 Å². The number of carbonyl (C=O) groups excluding carboxylic acids is 1. The van der Waals surface area contributed by atoms with Gasteiger partial charge in [-0.2, -0.15) is 0 Å². The van der Waals surface area contributed by atoms with Gasteiger partial charge in [0.1, 0.15) is 17.6 Å². The van der Waals surface area contributed by atoms with Crippen molar-refractivity contribution in [2.24, 2.45) is 0 Å². The van der Waals surface area contributed by atoms with E-state index in [1.54, 1.807) is 7.11 Å². The lowest BCUT2D eigenvalue weighted by Crippen LogP contribution is -2.50. The summed E-state index contributed by atoms with van der Waals surface area (Å²) < 4.78 is 16.9. The van der Waals surface area contributed by atoms with E-state index < -0.39 is 6.10 Å². The Morgan fingerprint density at radius 3 is 2.66 bits per heavy atom. The highest BCUT2D eigenvalue weighted by Crippen LogP contribution is 2.29. The van der Waals surface area contributed by atoms with E-state index in [1.165, 1.54) is 0 Å². The topological polar surface area (TPSA) is 51.2 Å². The third-order valence-corrected chi connectivity index (χ3v) is 5.61. The molecule has 6 nitrogen and oxygen atoms in total. The number of nitrogens with zero attached hydrogens (tertiary/aromatic N) is 2. The second-order valence-electron chi connectivity index (χ2n) is 7.38. The molecule has 0 amide bonds. The quantitative estimate of drug-likeness (QED) is 0.748. The Balaban J connectivity index is 1.36. The van der Waals surface area contributed by atoms with Crippen molar-refractivity contribution in [1.29, 1.82) is 0 Å². The highest BCUT2D eigenvalue weighted by atomic mass is 16.5. The van der Waals surface area contributed by atoms with Gasteiger partial charge in [0.05, 0.1) is 26.0 Å². The van der Waals surface area contributed by atoms with Crippen LogP contribution in [0.15, 0.2) is 42.5 Å². The van der Waals surface area contributed by atoms with Crippen LogP contribution in [0.25, 0.3) is 0 Å². The summed E-state index contributed by atoms with van der Waals surface area (Å²) in [6.45, 7) is 7.33. The first kappa shape index (κ1) is 19.7. The van der Waals surface area contributed by atoms with Gasteiger partial charge in [0, 0.05) is 38.3 Å². The van der Waals surface area contributed by atoms with E-state index in [1.807, 2.05) is 43.3 Å². The minimum absolute atomic E-state index is 0.0676. The smallest absolute Gasteiger partial charge is 0.193 e. The minimum Gasteiger partial charge on any atom is -0.497 e. The van der Waals surface area contributed by atoms with Gasteiger partial charge in [-0.05, 0) is 42.8 Å². The number of hydrogen-bond acceptors (Lipinski definition) is 6. The molecule has 0 N–H and O–H groups in total. The van der Waals surface area contributed by atoms with E-state index in [0.717, 1.165) is 54.5 Å². The summed E-state index contributed by atoms with van der Waals surface area (Å²) in [6.07, 6.45) is -0.404. The monoisotopic (exact) mass is 396 g/mol. The van der Waals surface area contributed by atoms with Crippen molar-refractivity contribution in [3.63, 3.8) is 0 Å². The van der Waals surface area contributed by atoms with Gasteiger partial charge in [-0.1, -0.05) is 12.1 Å². The minimum atomic E-state index is -0.404. The summed E-state index contributed by atoms with van der Waals surface area (Å²) in [5.41, 5.74) is 2.80. The molecule has 0 aliphatic carbocycles. The SMILES string of the molecule is CCOc1ccccc1N1CCN(CC2OCc3cc(OC)ccc3C2=O)CC1. The second kappa shape index (κ2) is 8.84. The lowest BCUT2D eigenvalue weighted by Gasteiger charge is -2.38. The summed E-state index contributed by atoms with van der Waals surface area (Å²) in [7, 11) is 1.63. The van der Waals surface area contributed by atoms with E-state index in [-0.39, 0.29) is 5.78 Å². The zero-order valence-corrected chi connectivity index (χ0v) is 17.1. The zero-order chi connectivity index (χ0) is 20.2. The molecule has 2 aliphatic heterocycles. The lowest BCUT2D eigenvalue weighted by atomic mass is 9.97. The fourth-order valence-corrected chi connectivity index (χ4v) is 4.03. The molecule has 1 atom stereocenters. The van der Waals surface area contributed by atoms with Crippen LogP contribution in [0, 0.1) is 0 Å². The number of carbonyl (C=O) groups is 1. The first-order valence-corrected chi connectivity index (χ1v) is 10.2. The standard InChI is InChI=1S/C23H28N2O4/c1-3-28-21-7-5-4-6-20(21)25-12-10-24(11-13-25)15-22-23(26)19-9-8-18(27-2)14-17(19)16-29-22/h4-9,14,22H,3,10-13,15-16H2,1-2H3. The lowest BCUT2D eigenvalue weighted by molar-refractivity contribution is 0.00994. The number of Topliss-reactive ketones (excluding diaryl/α,β-unsaturated/α-hetero) is 1. The van der Waals surface area contributed by atoms with Crippen LogP contribution in [0.5, 0.6) is 11.5 Å². The maximum atomic E-state index is 12.9. The molecule has 0 radical (unpaired) electrons. The molecule has 0 saturated carbocycles. The van der Waals surface area contributed by atoms with Crippen LogP contribution in [0.1, 0.15) is 22.8 Å². The molecule has 154 valence electrons. The van der Waals surface area contributed by atoms with Gasteiger partial charge in [-0.3, -0.25) is 9.69 Å². The van der Waals surface area contributed by atoms with Crippen LogP contribution in [0.3, 0.4) is 0 Å². The summed E-state index contributed by atoms with van der Waals surface area (Å²) in [5.74, 6) is 1.75. The first-order chi connectivity index (χ1) is 14.2. The fourth-order valence-electron chi connectivity index (χ4n) is 4.03. The van der Waals surface area contributed by atoms with Gasteiger partial charge in [-0.25, -0.2) is 0 Å². The predicted molar refractivity (Wildman–Crippen MR) is 112 cm³/mol. The van der Waals surface area contributed by atoms with Gasteiger partial charge < -0.3 is 19.1 Å². The average Bonchev–Trinajstić information content (AvgIpc) is 2.77. The normalized spacial score (nSPS) is 19.7. The Bertz CT molecular complexity index is 862.